The third kappa shape index (κ3) is 2.41. The fourth-order valence-electron chi connectivity index (χ4n) is 2.55. The molecular weight excluding hydrogens is 232 g/mol. The maximum absolute atomic E-state index is 5.56. The monoisotopic (exact) mass is 252 g/mol. The zero-order chi connectivity index (χ0) is 12.4. The van der Waals surface area contributed by atoms with E-state index in [0.29, 0.717) is 5.89 Å². The second kappa shape index (κ2) is 5.34. The van der Waals surface area contributed by atoms with Gasteiger partial charge in [-0.3, -0.25) is 4.90 Å². The van der Waals surface area contributed by atoms with Crippen LogP contribution in [0, 0.1) is 0 Å². The molecule has 3 rings (SSSR count). The van der Waals surface area contributed by atoms with Crippen LogP contribution in [0.5, 0.6) is 0 Å². The fraction of sp³-hybridized carbons (Fsp3) is 0.833. The van der Waals surface area contributed by atoms with Crippen LogP contribution in [0.25, 0.3) is 0 Å². The molecule has 0 aromatic carbocycles. The van der Waals surface area contributed by atoms with Gasteiger partial charge in [-0.25, -0.2) is 0 Å². The molecular formula is C12H20N4O2. The summed E-state index contributed by atoms with van der Waals surface area (Å²) in [6, 6.07) is 0.214. The lowest BCUT2D eigenvalue weighted by Crippen LogP contribution is -2.44. The van der Waals surface area contributed by atoms with E-state index in [-0.39, 0.29) is 12.1 Å². The van der Waals surface area contributed by atoms with Crippen molar-refractivity contribution >= 4 is 0 Å². The molecule has 0 saturated carbocycles. The number of nitrogens with zero attached hydrogens (tertiary/aromatic N) is 3. The van der Waals surface area contributed by atoms with Crippen molar-refractivity contribution in [1.29, 1.82) is 0 Å². The molecule has 1 N–H and O–H groups in total. The predicted molar refractivity (Wildman–Crippen MR) is 65.1 cm³/mol. The number of hydrogen-bond acceptors (Lipinski definition) is 6. The van der Waals surface area contributed by atoms with Crippen LogP contribution in [0.4, 0.5) is 0 Å². The van der Waals surface area contributed by atoms with E-state index in [4.69, 9.17) is 9.26 Å². The highest BCUT2D eigenvalue weighted by molar-refractivity contribution is 4.97. The molecule has 1 aromatic heterocycles. The van der Waals surface area contributed by atoms with E-state index in [1.54, 1.807) is 0 Å². The fourth-order valence-corrected chi connectivity index (χ4v) is 2.55. The summed E-state index contributed by atoms with van der Waals surface area (Å²) in [6.45, 7) is 7.06. The molecule has 2 aliphatic heterocycles. The first-order valence-electron chi connectivity index (χ1n) is 6.74. The van der Waals surface area contributed by atoms with Gasteiger partial charge < -0.3 is 14.6 Å². The van der Waals surface area contributed by atoms with Crippen LogP contribution in [-0.4, -0.2) is 47.8 Å². The van der Waals surface area contributed by atoms with E-state index in [0.717, 1.165) is 51.5 Å². The molecule has 0 bridgehead atoms. The highest BCUT2D eigenvalue weighted by atomic mass is 16.5. The second-order valence-corrected chi connectivity index (χ2v) is 4.95. The molecule has 0 amide bonds. The lowest BCUT2D eigenvalue weighted by Gasteiger charge is -2.30. The number of hydrogen-bond donors (Lipinski definition) is 1. The van der Waals surface area contributed by atoms with Crippen LogP contribution >= 0.6 is 0 Å². The summed E-state index contributed by atoms with van der Waals surface area (Å²) in [4.78, 5) is 6.88. The van der Waals surface area contributed by atoms with E-state index in [2.05, 4.69) is 27.3 Å². The number of nitrogens with one attached hydrogen (secondary N) is 1. The number of rotatable bonds is 3. The second-order valence-electron chi connectivity index (χ2n) is 4.95. The Hall–Kier alpha value is -0.980. The minimum atomic E-state index is 0.0153. The van der Waals surface area contributed by atoms with Gasteiger partial charge in [-0.2, -0.15) is 4.98 Å². The molecule has 2 unspecified atom stereocenters. The molecule has 6 heteroatoms. The maximum Gasteiger partial charge on any atom is 0.255 e. The summed E-state index contributed by atoms with van der Waals surface area (Å²) in [5.41, 5.74) is 0. The molecule has 100 valence electrons. The average molecular weight is 252 g/mol. The van der Waals surface area contributed by atoms with Crippen LogP contribution in [-0.2, 0) is 4.74 Å². The van der Waals surface area contributed by atoms with Crippen LogP contribution in [0.15, 0.2) is 4.52 Å². The van der Waals surface area contributed by atoms with Crippen LogP contribution in [0.1, 0.15) is 43.6 Å². The van der Waals surface area contributed by atoms with Gasteiger partial charge in [-0.1, -0.05) is 5.16 Å². The van der Waals surface area contributed by atoms with E-state index in [1.165, 1.54) is 0 Å². The van der Waals surface area contributed by atoms with Crippen molar-refractivity contribution in [3.63, 3.8) is 0 Å². The molecule has 2 aliphatic rings. The Labute approximate surface area is 107 Å². The molecule has 2 atom stereocenters. The van der Waals surface area contributed by atoms with Crippen LogP contribution < -0.4 is 5.32 Å². The standard InChI is InChI=1S/C12H20N4O2/c1-9(16-6-4-13-5-7-16)11-14-12(18-15-11)10-3-2-8-17-10/h9-10,13H,2-8H2,1H3. The first kappa shape index (κ1) is 12.1. The van der Waals surface area contributed by atoms with Crippen molar-refractivity contribution in [3.8, 4) is 0 Å². The van der Waals surface area contributed by atoms with E-state index in [9.17, 15) is 0 Å². The summed E-state index contributed by atoms with van der Waals surface area (Å²) >= 11 is 0. The lowest BCUT2D eigenvalue weighted by molar-refractivity contribution is 0.0835. The van der Waals surface area contributed by atoms with Gasteiger partial charge in [0.15, 0.2) is 5.82 Å². The highest BCUT2D eigenvalue weighted by Gasteiger charge is 2.27. The molecule has 2 saturated heterocycles. The molecule has 1 aromatic rings. The van der Waals surface area contributed by atoms with E-state index < -0.39 is 0 Å². The van der Waals surface area contributed by atoms with E-state index in [1.807, 2.05) is 0 Å². The van der Waals surface area contributed by atoms with Crippen LogP contribution in [0.3, 0.4) is 0 Å². The Morgan fingerprint density at radius 2 is 2.22 bits per heavy atom. The van der Waals surface area contributed by atoms with Gasteiger partial charge in [0.25, 0.3) is 5.89 Å². The van der Waals surface area contributed by atoms with Crippen LogP contribution in [0.2, 0.25) is 0 Å². The SMILES string of the molecule is CC(c1noc(C2CCCO2)n1)N1CCNCC1. The minimum Gasteiger partial charge on any atom is -0.368 e. The van der Waals surface area contributed by atoms with Crippen molar-refractivity contribution in [2.45, 2.75) is 31.9 Å². The summed E-state index contributed by atoms with van der Waals surface area (Å²) in [5, 5.41) is 7.45. The molecule has 2 fully saturated rings. The Morgan fingerprint density at radius 1 is 1.39 bits per heavy atom. The van der Waals surface area contributed by atoms with Gasteiger partial charge in [0.05, 0.1) is 6.04 Å². The average Bonchev–Trinajstić information content (AvgIpc) is 3.09. The Balaban J connectivity index is 1.67. The molecule has 0 aliphatic carbocycles. The van der Waals surface area contributed by atoms with Gasteiger partial charge in [-0.15, -0.1) is 0 Å². The summed E-state index contributed by atoms with van der Waals surface area (Å²) in [6.07, 6.45) is 2.08. The Bertz CT molecular complexity index is 383. The molecule has 18 heavy (non-hydrogen) atoms. The summed E-state index contributed by atoms with van der Waals surface area (Å²) in [7, 11) is 0. The first-order valence-corrected chi connectivity index (χ1v) is 6.74. The highest BCUT2D eigenvalue weighted by Crippen LogP contribution is 2.28. The van der Waals surface area contributed by atoms with Gasteiger partial charge >= 0.3 is 0 Å². The quantitative estimate of drug-likeness (QED) is 0.862. The van der Waals surface area contributed by atoms with Gasteiger partial charge in [-0.05, 0) is 19.8 Å². The number of aromatic nitrogens is 2. The Kier molecular flexibility index (Phi) is 3.58. The van der Waals surface area contributed by atoms with E-state index >= 15 is 0 Å². The van der Waals surface area contributed by atoms with Crippen molar-refractivity contribution in [3.05, 3.63) is 11.7 Å². The number of piperazine rings is 1. The van der Waals surface area contributed by atoms with Crippen molar-refractivity contribution < 1.29 is 9.26 Å². The number of ether oxygens (including phenoxy) is 1. The van der Waals surface area contributed by atoms with Crippen molar-refractivity contribution in [1.82, 2.24) is 20.4 Å². The summed E-state index contributed by atoms with van der Waals surface area (Å²) < 4.78 is 10.9. The zero-order valence-corrected chi connectivity index (χ0v) is 10.8. The lowest BCUT2D eigenvalue weighted by atomic mass is 10.2. The van der Waals surface area contributed by atoms with Crippen molar-refractivity contribution in [2.24, 2.45) is 0 Å². The smallest absolute Gasteiger partial charge is 0.255 e. The maximum atomic E-state index is 5.56. The van der Waals surface area contributed by atoms with Gasteiger partial charge in [0.2, 0.25) is 0 Å². The summed E-state index contributed by atoms with van der Waals surface area (Å²) in [5.74, 6) is 1.42. The topological polar surface area (TPSA) is 63.4 Å². The van der Waals surface area contributed by atoms with Crippen molar-refractivity contribution in [2.75, 3.05) is 32.8 Å². The molecule has 0 radical (unpaired) electrons. The van der Waals surface area contributed by atoms with Gasteiger partial charge in [0.1, 0.15) is 6.10 Å². The zero-order valence-electron chi connectivity index (χ0n) is 10.8. The predicted octanol–water partition coefficient (Wildman–Crippen LogP) is 0.887. The Morgan fingerprint density at radius 3 is 2.94 bits per heavy atom. The molecule has 6 nitrogen and oxygen atoms in total. The largest absolute Gasteiger partial charge is 0.368 e. The third-order valence-electron chi connectivity index (χ3n) is 3.74. The molecule has 0 spiro atoms. The minimum absolute atomic E-state index is 0.0153. The van der Waals surface area contributed by atoms with Gasteiger partial charge in [0, 0.05) is 32.8 Å². The molecule has 3 heterocycles. The first-order chi connectivity index (χ1) is 8.84. The normalized spacial score (nSPS) is 27.5. The third-order valence-corrected chi connectivity index (χ3v) is 3.74.